The minimum atomic E-state index is -0.922. The second-order valence-electron chi connectivity index (χ2n) is 9.22. The fourth-order valence-electron chi connectivity index (χ4n) is 5.34. The van der Waals surface area contributed by atoms with Crippen molar-refractivity contribution in [1.82, 2.24) is 0 Å². The van der Waals surface area contributed by atoms with Gasteiger partial charge in [0, 0.05) is 16.1 Å². The third kappa shape index (κ3) is 6.91. The maximum absolute atomic E-state index is 3.62. The molecule has 4 aliphatic rings. The molecule has 29 heavy (non-hydrogen) atoms. The molecule has 2 aliphatic carbocycles. The summed E-state index contributed by atoms with van der Waals surface area (Å²) in [5.74, 6) is 0. The molecule has 0 aromatic rings. The Bertz CT molecular complexity index is 585. The zero-order chi connectivity index (χ0) is 18.6. The molecule has 2 fully saturated rings. The van der Waals surface area contributed by atoms with Gasteiger partial charge in [0.1, 0.15) is 0 Å². The van der Waals surface area contributed by atoms with E-state index in [-0.39, 0.29) is 50.7 Å². The van der Waals surface area contributed by atoms with Gasteiger partial charge in [0.25, 0.3) is 0 Å². The smallest absolute Gasteiger partial charge is 1.00 e. The maximum Gasteiger partial charge on any atom is 4.00 e. The van der Waals surface area contributed by atoms with Gasteiger partial charge in [0.15, 0.2) is 0 Å². The Morgan fingerprint density at radius 1 is 0.724 bits per heavy atom. The van der Waals surface area contributed by atoms with E-state index < -0.39 is 16.1 Å². The van der Waals surface area contributed by atoms with Crippen LogP contribution in [0.25, 0.3) is 0 Å². The summed E-state index contributed by atoms with van der Waals surface area (Å²) in [6, 6.07) is 9.22. The van der Waals surface area contributed by atoms with Crippen molar-refractivity contribution in [2.24, 2.45) is 0 Å². The van der Waals surface area contributed by atoms with E-state index >= 15 is 0 Å². The number of rotatable bonds is 6. The summed E-state index contributed by atoms with van der Waals surface area (Å²) in [7, 11) is -1.84. The summed E-state index contributed by atoms with van der Waals surface area (Å²) in [4.78, 5) is 0. The fourth-order valence-corrected chi connectivity index (χ4v) is 14.3. The molecule has 2 heterocycles. The number of hydrogen-bond acceptors (Lipinski definition) is 0. The molecule has 0 aromatic carbocycles. The molecule has 0 radical (unpaired) electrons. The van der Waals surface area contributed by atoms with E-state index in [0.29, 0.717) is 0 Å². The SMILES string of the molecule is CCC[Si]1(C2=CCC(C)=[C-]2)CCC1.CCC[Si]1(C2=CCC(C)=[C-]2)CCC1.[Cl-].[Cl-].[Hf+4]. The second kappa shape index (κ2) is 13.4. The van der Waals surface area contributed by atoms with E-state index in [1.165, 1.54) is 61.8 Å². The molecule has 0 aromatic heterocycles. The van der Waals surface area contributed by atoms with Crippen LogP contribution in [-0.2, 0) is 25.8 Å². The average Bonchev–Trinajstić information content (AvgIpc) is 3.16. The third-order valence-electron chi connectivity index (χ3n) is 7.14. The molecule has 0 unspecified atom stereocenters. The molecule has 160 valence electrons. The molecular weight excluding hydrogens is 594 g/mol. The molecule has 5 heteroatoms. The van der Waals surface area contributed by atoms with E-state index in [9.17, 15) is 0 Å². The first kappa shape index (κ1) is 29.8. The van der Waals surface area contributed by atoms with E-state index in [1.807, 2.05) is 0 Å². The zero-order valence-electron chi connectivity index (χ0n) is 18.9. The Labute approximate surface area is 213 Å². The molecule has 4 rings (SSSR count). The molecule has 2 aliphatic heterocycles. The topological polar surface area (TPSA) is 0 Å². The van der Waals surface area contributed by atoms with Crippen molar-refractivity contribution in [2.75, 3.05) is 0 Å². The van der Waals surface area contributed by atoms with Gasteiger partial charge >= 0.3 is 25.8 Å². The fraction of sp³-hybridized carbons (Fsp3) is 0.667. The van der Waals surface area contributed by atoms with Crippen molar-refractivity contribution in [1.29, 1.82) is 0 Å². The summed E-state index contributed by atoms with van der Waals surface area (Å²) >= 11 is 0. The van der Waals surface area contributed by atoms with E-state index in [0.717, 1.165) is 0 Å². The number of halogens is 2. The van der Waals surface area contributed by atoms with Gasteiger partial charge in [0.2, 0.25) is 0 Å². The summed E-state index contributed by atoms with van der Waals surface area (Å²) in [5.41, 5.74) is 2.93. The first-order chi connectivity index (χ1) is 12.5. The van der Waals surface area contributed by atoms with Crippen molar-refractivity contribution >= 4 is 16.1 Å². The Morgan fingerprint density at radius 3 is 1.24 bits per heavy atom. The van der Waals surface area contributed by atoms with E-state index in [4.69, 9.17) is 0 Å². The summed E-state index contributed by atoms with van der Waals surface area (Å²) in [6.07, 6.45) is 20.3. The Kier molecular flexibility index (Phi) is 13.8. The van der Waals surface area contributed by atoms with E-state index in [2.05, 4.69) is 52.0 Å². The van der Waals surface area contributed by atoms with Crippen molar-refractivity contribution in [2.45, 2.75) is 102 Å². The first-order valence-electron chi connectivity index (χ1n) is 11.1. The number of allylic oxidation sites excluding steroid dienone is 8. The van der Waals surface area contributed by atoms with Crippen LogP contribution in [0.5, 0.6) is 0 Å². The molecule has 0 saturated carbocycles. The maximum atomic E-state index is 3.62. The Morgan fingerprint density at radius 2 is 1.07 bits per heavy atom. The van der Waals surface area contributed by atoms with Gasteiger partial charge in [-0.3, -0.25) is 12.2 Å². The zero-order valence-corrected chi connectivity index (χ0v) is 26.0. The monoisotopic (exact) mass is 632 g/mol. The van der Waals surface area contributed by atoms with Crippen LogP contribution in [-0.4, -0.2) is 16.1 Å². The third-order valence-corrected chi connectivity index (χ3v) is 18.2. The van der Waals surface area contributed by atoms with Crippen LogP contribution in [0.4, 0.5) is 0 Å². The van der Waals surface area contributed by atoms with Gasteiger partial charge in [-0.1, -0.05) is 102 Å². The quantitative estimate of drug-likeness (QED) is 0.310. The van der Waals surface area contributed by atoms with Crippen molar-refractivity contribution in [3.63, 3.8) is 0 Å². The Hall–Kier alpha value is 0.844. The molecule has 0 bridgehead atoms. The molecule has 0 nitrogen and oxygen atoms in total. The largest absolute Gasteiger partial charge is 4.00 e. The average molecular weight is 632 g/mol. The van der Waals surface area contributed by atoms with Crippen LogP contribution in [0, 0.1) is 12.2 Å². The predicted octanol–water partition coefficient (Wildman–Crippen LogP) is 1.74. The molecule has 2 saturated heterocycles. The van der Waals surface area contributed by atoms with Crippen LogP contribution in [0.15, 0.2) is 33.7 Å². The van der Waals surface area contributed by atoms with Crippen LogP contribution >= 0.6 is 0 Å². The number of hydrogen-bond donors (Lipinski definition) is 0. The summed E-state index contributed by atoms with van der Waals surface area (Å²) in [6.45, 7) is 9.10. The van der Waals surface area contributed by atoms with Gasteiger partial charge in [-0.05, 0) is 0 Å². The normalized spacial score (nSPS) is 22.5. The van der Waals surface area contributed by atoms with Gasteiger partial charge in [-0.15, -0.1) is 0 Å². The standard InChI is InChI=1S/2C12H19Si.2ClH.Hf/c2*1-3-7-13(8-4-9-13)12-6-5-11(2)10-12;;;/h2*6H,3-5,7-9H2,1-2H3;2*1H;/q2*-1;;;+4/p-2. The minimum absolute atomic E-state index is 0. The summed E-state index contributed by atoms with van der Waals surface area (Å²) in [5, 5.41) is 3.36. The van der Waals surface area contributed by atoms with Gasteiger partial charge < -0.3 is 24.8 Å². The first-order valence-corrected chi connectivity index (χ1v) is 16.4. The summed E-state index contributed by atoms with van der Waals surface area (Å²) < 4.78 is 0. The molecule has 0 N–H and O–H groups in total. The van der Waals surface area contributed by atoms with Crippen LogP contribution in [0.3, 0.4) is 0 Å². The molecular formula is C24H38Cl2HfSi2. The van der Waals surface area contributed by atoms with Gasteiger partial charge in [-0.25, -0.2) is 22.5 Å². The minimum Gasteiger partial charge on any atom is -1.00 e. The molecule has 0 atom stereocenters. The van der Waals surface area contributed by atoms with Gasteiger partial charge in [0.05, 0.1) is 0 Å². The van der Waals surface area contributed by atoms with Crippen molar-refractivity contribution < 1.29 is 50.7 Å². The van der Waals surface area contributed by atoms with Crippen LogP contribution in [0.1, 0.15) is 66.2 Å². The predicted molar refractivity (Wildman–Crippen MR) is 120 cm³/mol. The van der Waals surface area contributed by atoms with Crippen LogP contribution < -0.4 is 24.8 Å². The second-order valence-corrected chi connectivity index (χ2v) is 18.4. The van der Waals surface area contributed by atoms with Crippen molar-refractivity contribution in [3.05, 3.63) is 45.8 Å². The molecule has 0 amide bonds. The van der Waals surface area contributed by atoms with Crippen molar-refractivity contribution in [3.8, 4) is 0 Å². The molecule has 0 spiro atoms. The Balaban J connectivity index is 0.000000490. The van der Waals surface area contributed by atoms with E-state index in [1.54, 1.807) is 34.6 Å². The van der Waals surface area contributed by atoms with Crippen LogP contribution in [0.2, 0.25) is 36.3 Å². The van der Waals surface area contributed by atoms with Gasteiger partial charge in [-0.2, -0.15) is 11.1 Å².